The second kappa shape index (κ2) is 10.8. The van der Waals surface area contributed by atoms with Crippen LogP contribution in [0, 0.1) is 0 Å². The highest BCUT2D eigenvalue weighted by atomic mass is 79.9. The summed E-state index contributed by atoms with van der Waals surface area (Å²) in [6.07, 6.45) is 2.84. The Morgan fingerprint density at radius 1 is 1.52 bits per heavy atom. The van der Waals surface area contributed by atoms with Crippen LogP contribution < -0.4 is 10.5 Å². The molecule has 2 unspecified atom stereocenters. The highest BCUT2D eigenvalue weighted by molar-refractivity contribution is 9.10. The molecule has 2 N–H and O–H groups in total. The average molecular weight is 380 g/mol. The molecule has 1 aromatic rings. The van der Waals surface area contributed by atoms with Crippen molar-refractivity contribution in [2.24, 2.45) is 10.7 Å². The minimum atomic E-state index is 0.459. The molecular weight excluding hydrogens is 357 g/mol. The van der Waals surface area contributed by atoms with E-state index in [4.69, 9.17) is 10.5 Å². The summed E-state index contributed by atoms with van der Waals surface area (Å²) in [4.78, 5) is 8.21. The summed E-state index contributed by atoms with van der Waals surface area (Å²) in [5.41, 5.74) is 6.85. The third kappa shape index (κ3) is 6.22. The van der Waals surface area contributed by atoms with Gasteiger partial charge >= 0.3 is 0 Å². The molecule has 1 saturated carbocycles. The molecule has 0 aliphatic heterocycles. The van der Waals surface area contributed by atoms with E-state index in [-0.39, 0.29) is 0 Å². The van der Waals surface area contributed by atoms with Gasteiger partial charge in [0.2, 0.25) is 5.88 Å². The van der Waals surface area contributed by atoms with Gasteiger partial charge in [0.1, 0.15) is 0 Å². The third-order valence-corrected chi connectivity index (χ3v) is 4.34. The Hall–Kier alpha value is -0.820. The molecule has 0 saturated heterocycles. The van der Waals surface area contributed by atoms with Crippen LogP contribution in [0.2, 0.25) is 0 Å². The largest absolute Gasteiger partial charge is 0.481 e. The van der Waals surface area contributed by atoms with Crippen molar-refractivity contribution in [3.05, 3.63) is 22.3 Å². The Morgan fingerprint density at radius 3 is 2.67 bits per heavy atom. The van der Waals surface area contributed by atoms with Gasteiger partial charge < -0.3 is 10.5 Å². The van der Waals surface area contributed by atoms with E-state index in [1.54, 1.807) is 32.1 Å². The van der Waals surface area contributed by atoms with Crippen LogP contribution in [0.4, 0.5) is 4.39 Å². The fourth-order valence-corrected chi connectivity index (χ4v) is 3.09. The minimum absolute atomic E-state index is 0.459. The summed E-state index contributed by atoms with van der Waals surface area (Å²) >= 11 is 5.06. The van der Waals surface area contributed by atoms with Crippen molar-refractivity contribution in [1.29, 1.82) is 0 Å². The van der Waals surface area contributed by atoms with Crippen LogP contribution in [0.5, 0.6) is 5.88 Å². The number of alkyl halides is 1. The fraction of sp³-hybridized carbons (Fsp3) is 0.571. The van der Waals surface area contributed by atoms with E-state index in [0.717, 1.165) is 16.5 Å². The molecule has 4 nitrogen and oxygen atoms in total. The van der Waals surface area contributed by atoms with Crippen molar-refractivity contribution in [1.82, 2.24) is 4.98 Å². The van der Waals surface area contributed by atoms with Crippen molar-refractivity contribution in [2.45, 2.75) is 31.4 Å². The molecule has 0 radical (unpaired) electrons. The van der Waals surface area contributed by atoms with Crippen LogP contribution in [0.3, 0.4) is 0 Å². The lowest BCUT2D eigenvalue weighted by molar-refractivity contribution is 0.392. The van der Waals surface area contributed by atoms with E-state index >= 15 is 0 Å². The molecule has 0 amide bonds. The molecule has 2 rings (SSSR count). The molecular formula is C14H23BrFN3OS. The molecule has 1 aliphatic carbocycles. The van der Waals surface area contributed by atoms with Gasteiger partial charge in [-0.3, -0.25) is 9.38 Å². The van der Waals surface area contributed by atoms with Gasteiger partial charge in [0.15, 0.2) is 5.17 Å². The number of hydrogen-bond donors (Lipinski definition) is 1. The number of aliphatic imine (C=N–C) groups is 1. The SMILES string of the molecule is CC.CF.CN=C(N)SC1CC1c1cc(Br)cnc1OC. The maximum absolute atomic E-state index is 9.50. The zero-order valence-electron chi connectivity index (χ0n) is 13.1. The summed E-state index contributed by atoms with van der Waals surface area (Å²) in [7, 11) is 3.85. The summed E-state index contributed by atoms with van der Waals surface area (Å²) in [6, 6.07) is 2.07. The van der Waals surface area contributed by atoms with E-state index in [1.807, 2.05) is 13.8 Å². The number of rotatable bonds is 3. The molecule has 120 valence electrons. The normalized spacial score (nSPS) is 19.7. The van der Waals surface area contributed by atoms with Crippen LogP contribution in [0.15, 0.2) is 21.7 Å². The van der Waals surface area contributed by atoms with Crippen molar-refractivity contribution >= 4 is 32.9 Å². The number of nitrogens with zero attached hydrogens (tertiary/aromatic N) is 2. The lowest BCUT2D eigenvalue weighted by Gasteiger charge is -2.07. The van der Waals surface area contributed by atoms with Crippen LogP contribution in [-0.4, -0.2) is 36.7 Å². The number of halogens is 2. The summed E-state index contributed by atoms with van der Waals surface area (Å²) in [5, 5.41) is 1.13. The molecule has 1 aromatic heterocycles. The lowest BCUT2D eigenvalue weighted by Crippen LogP contribution is -2.07. The van der Waals surface area contributed by atoms with Gasteiger partial charge in [-0.25, -0.2) is 4.98 Å². The van der Waals surface area contributed by atoms with Crippen LogP contribution in [0.1, 0.15) is 31.7 Å². The average Bonchev–Trinajstić information content (AvgIpc) is 3.30. The molecule has 0 aromatic carbocycles. The number of hydrogen-bond acceptors (Lipinski definition) is 4. The van der Waals surface area contributed by atoms with Crippen LogP contribution >= 0.6 is 27.7 Å². The maximum atomic E-state index is 9.50. The number of methoxy groups -OCH3 is 1. The number of amidine groups is 1. The number of thioether (sulfide) groups is 1. The standard InChI is InChI=1S/C11H14BrN3OS.C2H6.CH3F/c1-14-11(13)17-9-4-7(9)8-3-6(12)5-15-10(8)16-2;2*1-2/h3,5,7,9H,4H2,1-2H3,(H2,13,14);1-2H3;1H3. The van der Waals surface area contributed by atoms with Gasteiger partial charge in [-0.05, 0) is 28.4 Å². The zero-order chi connectivity index (χ0) is 16.4. The van der Waals surface area contributed by atoms with E-state index in [0.29, 0.717) is 29.4 Å². The quantitative estimate of drug-likeness (QED) is 0.636. The van der Waals surface area contributed by atoms with Gasteiger partial charge in [0.25, 0.3) is 0 Å². The van der Waals surface area contributed by atoms with Crippen LogP contribution in [0.25, 0.3) is 0 Å². The third-order valence-electron chi connectivity index (χ3n) is 2.66. The van der Waals surface area contributed by atoms with E-state index < -0.39 is 0 Å². The molecule has 7 heteroatoms. The first-order valence-corrected chi connectivity index (χ1v) is 8.29. The lowest BCUT2D eigenvalue weighted by atomic mass is 10.2. The Bertz CT molecular complexity index is 460. The van der Waals surface area contributed by atoms with Crippen LogP contribution in [-0.2, 0) is 0 Å². The van der Waals surface area contributed by atoms with Gasteiger partial charge in [-0.15, -0.1) is 0 Å². The zero-order valence-corrected chi connectivity index (χ0v) is 15.5. The Morgan fingerprint density at radius 2 is 2.14 bits per heavy atom. The van der Waals surface area contributed by atoms with Gasteiger partial charge in [0, 0.05) is 34.4 Å². The number of ether oxygens (including phenoxy) is 1. The summed E-state index contributed by atoms with van der Waals surface area (Å²) in [6.45, 7) is 4.00. The molecule has 2 atom stereocenters. The minimum Gasteiger partial charge on any atom is -0.481 e. The first-order chi connectivity index (χ1) is 10.2. The van der Waals surface area contributed by atoms with Crippen molar-refractivity contribution in [3.8, 4) is 5.88 Å². The Labute approximate surface area is 138 Å². The van der Waals surface area contributed by atoms with Gasteiger partial charge in [-0.2, -0.15) is 0 Å². The fourth-order valence-electron chi connectivity index (χ4n) is 1.72. The monoisotopic (exact) mass is 379 g/mol. The Kier molecular flexibility index (Phi) is 10.4. The topological polar surface area (TPSA) is 60.5 Å². The predicted molar refractivity (Wildman–Crippen MR) is 93.2 cm³/mol. The van der Waals surface area contributed by atoms with E-state index in [1.165, 1.54) is 0 Å². The summed E-state index contributed by atoms with van der Waals surface area (Å²) in [5.74, 6) is 1.16. The number of aromatic nitrogens is 1. The molecule has 1 heterocycles. The highest BCUT2D eigenvalue weighted by Crippen LogP contribution is 2.51. The predicted octanol–water partition coefficient (Wildman–Crippen LogP) is 4.00. The number of pyridine rings is 1. The molecule has 0 spiro atoms. The maximum Gasteiger partial charge on any atom is 0.216 e. The smallest absolute Gasteiger partial charge is 0.216 e. The number of nitrogens with two attached hydrogens (primary N) is 1. The summed E-state index contributed by atoms with van der Waals surface area (Å²) < 4.78 is 15.8. The van der Waals surface area contributed by atoms with Crippen molar-refractivity contribution < 1.29 is 9.13 Å². The van der Waals surface area contributed by atoms with Crippen molar-refractivity contribution in [3.63, 3.8) is 0 Å². The van der Waals surface area contributed by atoms with E-state index in [9.17, 15) is 4.39 Å². The van der Waals surface area contributed by atoms with Gasteiger partial charge in [-0.1, -0.05) is 25.6 Å². The first-order valence-electron chi connectivity index (χ1n) is 6.61. The van der Waals surface area contributed by atoms with Crippen molar-refractivity contribution in [2.75, 3.05) is 21.3 Å². The van der Waals surface area contributed by atoms with E-state index in [2.05, 4.69) is 32.0 Å². The molecule has 1 aliphatic rings. The molecule has 1 fully saturated rings. The highest BCUT2D eigenvalue weighted by Gasteiger charge is 2.41. The Balaban J connectivity index is 0.000000921. The molecule has 21 heavy (non-hydrogen) atoms. The van der Waals surface area contributed by atoms with Gasteiger partial charge in [0.05, 0.1) is 14.3 Å². The second-order valence-corrected chi connectivity index (χ2v) is 5.99. The molecule has 0 bridgehead atoms. The second-order valence-electron chi connectivity index (χ2n) is 3.81. The first kappa shape index (κ1) is 20.2.